The Balaban J connectivity index is 1.86. The molecule has 0 amide bonds. The van der Waals surface area contributed by atoms with Crippen LogP contribution in [0.2, 0.25) is 0 Å². The van der Waals surface area contributed by atoms with Crippen LogP contribution in [0.25, 0.3) is 0 Å². The zero-order valence-electron chi connectivity index (χ0n) is 12.2. The Kier molecular flexibility index (Phi) is 4.17. The van der Waals surface area contributed by atoms with Crippen LogP contribution in [0, 0.1) is 0 Å². The van der Waals surface area contributed by atoms with Crippen LogP contribution in [0.3, 0.4) is 0 Å². The van der Waals surface area contributed by atoms with Crippen LogP contribution in [0.1, 0.15) is 5.56 Å². The van der Waals surface area contributed by atoms with Crippen LogP contribution in [0.4, 0.5) is 5.69 Å². The van der Waals surface area contributed by atoms with E-state index in [9.17, 15) is 8.42 Å². The van der Waals surface area contributed by atoms with E-state index in [2.05, 4.69) is 4.90 Å². The Morgan fingerprint density at radius 1 is 1.00 bits per heavy atom. The molecule has 3 rings (SSSR count). The van der Waals surface area contributed by atoms with Gasteiger partial charge in [-0.15, -0.1) is 0 Å². The van der Waals surface area contributed by atoms with Gasteiger partial charge in [-0.3, -0.25) is 0 Å². The van der Waals surface area contributed by atoms with Crippen molar-refractivity contribution in [3.05, 3.63) is 29.8 Å². The molecule has 2 aliphatic heterocycles. The first-order chi connectivity index (χ1) is 10.1. The van der Waals surface area contributed by atoms with E-state index >= 15 is 0 Å². The van der Waals surface area contributed by atoms with Gasteiger partial charge in [-0.05, 0) is 11.6 Å². The summed E-state index contributed by atoms with van der Waals surface area (Å²) in [5, 5.41) is 0. The van der Waals surface area contributed by atoms with Crippen LogP contribution in [-0.4, -0.2) is 63.5 Å². The lowest BCUT2D eigenvalue weighted by molar-refractivity contribution is 0.0701. The predicted octanol–water partition coefficient (Wildman–Crippen LogP) is 0.515. The Labute approximate surface area is 126 Å². The first kappa shape index (κ1) is 14.8. The number of likely N-dealkylation sites (N-methyl/N-ethyl adjacent to an activating group) is 1. The van der Waals surface area contributed by atoms with Gasteiger partial charge in [-0.1, -0.05) is 18.2 Å². The minimum Gasteiger partial charge on any atom is -0.379 e. The lowest BCUT2D eigenvalue weighted by Crippen LogP contribution is -2.49. The molecule has 0 bridgehead atoms. The number of hydrogen-bond donors (Lipinski definition) is 0. The Morgan fingerprint density at radius 2 is 1.71 bits per heavy atom. The van der Waals surface area contributed by atoms with Crippen molar-refractivity contribution >= 4 is 15.9 Å². The number of hydrogen-bond acceptors (Lipinski definition) is 4. The summed E-state index contributed by atoms with van der Waals surface area (Å²) in [6.45, 7) is 3.46. The van der Waals surface area contributed by atoms with E-state index in [1.165, 1.54) is 4.31 Å². The molecule has 2 heterocycles. The lowest BCUT2D eigenvalue weighted by atomic mass is 10.1. The van der Waals surface area contributed by atoms with Crippen molar-refractivity contribution in [2.24, 2.45) is 0 Å². The van der Waals surface area contributed by atoms with Crippen LogP contribution >= 0.6 is 0 Å². The second-order valence-electron chi connectivity index (χ2n) is 5.40. The number of nitrogens with zero attached hydrogens (tertiary/aromatic N) is 3. The standard InChI is InChI=1S/C14H21N3O3S/c1-15-6-7-17(12-13-4-2-3-5-14(13)15)21(18,19)16-8-10-20-11-9-16/h2-5H,6-12H2,1H3. The fourth-order valence-electron chi connectivity index (χ4n) is 2.81. The van der Waals surface area contributed by atoms with Crippen molar-refractivity contribution < 1.29 is 13.2 Å². The van der Waals surface area contributed by atoms with Gasteiger partial charge in [0, 0.05) is 45.5 Å². The summed E-state index contributed by atoms with van der Waals surface area (Å²) >= 11 is 0. The Hall–Kier alpha value is -1.15. The highest BCUT2D eigenvalue weighted by Crippen LogP contribution is 2.26. The summed E-state index contributed by atoms with van der Waals surface area (Å²) in [6.07, 6.45) is 0. The van der Waals surface area contributed by atoms with Crippen molar-refractivity contribution in [2.75, 3.05) is 51.3 Å². The molecule has 21 heavy (non-hydrogen) atoms. The topological polar surface area (TPSA) is 53.1 Å². The van der Waals surface area contributed by atoms with Gasteiger partial charge >= 0.3 is 0 Å². The summed E-state index contributed by atoms with van der Waals surface area (Å²) < 4.78 is 33.9. The fraction of sp³-hybridized carbons (Fsp3) is 0.571. The molecule has 2 aliphatic rings. The van der Waals surface area contributed by atoms with Crippen LogP contribution in [-0.2, 0) is 21.5 Å². The molecule has 7 heteroatoms. The van der Waals surface area contributed by atoms with Gasteiger partial charge in [-0.2, -0.15) is 17.0 Å². The molecule has 0 aromatic heterocycles. The molecule has 0 aliphatic carbocycles. The SMILES string of the molecule is CN1CCN(S(=O)(=O)N2CCOCC2)Cc2ccccc21. The van der Waals surface area contributed by atoms with Crippen molar-refractivity contribution in [1.82, 2.24) is 8.61 Å². The molecule has 1 aromatic carbocycles. The Bertz CT molecular complexity index is 599. The van der Waals surface area contributed by atoms with Gasteiger partial charge < -0.3 is 9.64 Å². The maximum absolute atomic E-state index is 12.8. The summed E-state index contributed by atoms with van der Waals surface area (Å²) in [7, 11) is -1.41. The summed E-state index contributed by atoms with van der Waals surface area (Å²) in [5.74, 6) is 0. The molecule has 0 radical (unpaired) electrons. The molecule has 0 atom stereocenters. The number of fused-ring (bicyclic) bond motifs is 1. The number of rotatable bonds is 2. The Morgan fingerprint density at radius 3 is 2.48 bits per heavy atom. The smallest absolute Gasteiger partial charge is 0.282 e. The number of ether oxygens (including phenoxy) is 1. The van der Waals surface area contributed by atoms with E-state index in [0.29, 0.717) is 45.9 Å². The van der Waals surface area contributed by atoms with Gasteiger partial charge in [0.15, 0.2) is 0 Å². The van der Waals surface area contributed by atoms with Crippen molar-refractivity contribution in [1.29, 1.82) is 0 Å². The second-order valence-corrected chi connectivity index (χ2v) is 7.33. The number of benzene rings is 1. The van der Waals surface area contributed by atoms with Gasteiger partial charge in [0.1, 0.15) is 0 Å². The average Bonchev–Trinajstić information content (AvgIpc) is 2.68. The van der Waals surface area contributed by atoms with E-state index in [4.69, 9.17) is 4.74 Å². The molecule has 0 saturated carbocycles. The van der Waals surface area contributed by atoms with E-state index < -0.39 is 10.2 Å². The molecule has 0 N–H and O–H groups in total. The maximum Gasteiger partial charge on any atom is 0.282 e. The van der Waals surface area contributed by atoms with Crippen LogP contribution in [0.5, 0.6) is 0 Å². The van der Waals surface area contributed by atoms with Crippen molar-refractivity contribution in [2.45, 2.75) is 6.54 Å². The molecule has 1 fully saturated rings. The van der Waals surface area contributed by atoms with Crippen LogP contribution < -0.4 is 4.90 Å². The highest BCUT2D eigenvalue weighted by molar-refractivity contribution is 7.86. The first-order valence-electron chi connectivity index (χ1n) is 7.21. The number of anilines is 1. The minimum atomic E-state index is -3.41. The fourth-order valence-corrected chi connectivity index (χ4v) is 4.36. The zero-order chi connectivity index (χ0) is 14.9. The second kappa shape index (κ2) is 5.92. The summed E-state index contributed by atoms with van der Waals surface area (Å²) in [6, 6.07) is 7.98. The summed E-state index contributed by atoms with van der Waals surface area (Å²) in [5.41, 5.74) is 2.16. The van der Waals surface area contributed by atoms with Gasteiger partial charge in [0.25, 0.3) is 10.2 Å². The zero-order valence-corrected chi connectivity index (χ0v) is 13.1. The highest BCUT2D eigenvalue weighted by atomic mass is 32.2. The third-order valence-electron chi connectivity index (χ3n) is 4.06. The molecular formula is C14H21N3O3S. The molecule has 1 saturated heterocycles. The normalized spacial score (nSPS) is 21.9. The maximum atomic E-state index is 12.8. The quantitative estimate of drug-likeness (QED) is 0.799. The number of morpholine rings is 1. The van der Waals surface area contributed by atoms with E-state index in [1.807, 2.05) is 31.3 Å². The predicted molar refractivity (Wildman–Crippen MR) is 81.4 cm³/mol. The largest absolute Gasteiger partial charge is 0.379 e. The highest BCUT2D eigenvalue weighted by Gasteiger charge is 2.32. The average molecular weight is 311 g/mol. The summed E-state index contributed by atoms with van der Waals surface area (Å²) in [4.78, 5) is 2.12. The van der Waals surface area contributed by atoms with E-state index in [0.717, 1.165) is 11.3 Å². The van der Waals surface area contributed by atoms with Crippen molar-refractivity contribution in [3.63, 3.8) is 0 Å². The molecule has 0 unspecified atom stereocenters. The van der Waals surface area contributed by atoms with Gasteiger partial charge in [-0.25, -0.2) is 0 Å². The molecule has 116 valence electrons. The third kappa shape index (κ3) is 2.91. The molecular weight excluding hydrogens is 290 g/mol. The van der Waals surface area contributed by atoms with Crippen LogP contribution in [0.15, 0.2) is 24.3 Å². The van der Waals surface area contributed by atoms with E-state index in [-0.39, 0.29) is 0 Å². The van der Waals surface area contributed by atoms with E-state index in [1.54, 1.807) is 4.31 Å². The van der Waals surface area contributed by atoms with Gasteiger partial charge in [0.2, 0.25) is 0 Å². The monoisotopic (exact) mass is 311 g/mol. The van der Waals surface area contributed by atoms with Gasteiger partial charge in [0.05, 0.1) is 13.2 Å². The lowest BCUT2D eigenvalue weighted by Gasteiger charge is -2.31. The third-order valence-corrected chi connectivity index (χ3v) is 6.04. The number of para-hydroxylation sites is 1. The molecule has 0 spiro atoms. The molecule has 1 aromatic rings. The minimum absolute atomic E-state index is 0.431. The molecule has 6 nitrogen and oxygen atoms in total. The first-order valence-corrected chi connectivity index (χ1v) is 8.61. The van der Waals surface area contributed by atoms with Crippen molar-refractivity contribution in [3.8, 4) is 0 Å².